The molecule has 0 radical (unpaired) electrons. The molecule has 0 saturated heterocycles. The van der Waals surface area contributed by atoms with Crippen LogP contribution in [0.2, 0.25) is 0 Å². The Labute approximate surface area is 57.0 Å². The highest BCUT2D eigenvalue weighted by Crippen LogP contribution is 1.85. The number of guanidine groups is 1. The first kappa shape index (κ1) is 8.27. The molecule has 0 N–H and O–H groups in total. The van der Waals surface area contributed by atoms with Gasteiger partial charge >= 0.3 is 0 Å². The summed E-state index contributed by atoms with van der Waals surface area (Å²) < 4.78 is 0. The van der Waals surface area contributed by atoms with E-state index in [4.69, 9.17) is 0 Å². The average molecular weight is 129 g/mol. The number of hydrogen-bond donors (Lipinski definition) is 0. The summed E-state index contributed by atoms with van der Waals surface area (Å²) in [5, 5.41) is 0. The van der Waals surface area contributed by atoms with E-state index in [-0.39, 0.29) is 0 Å². The molecule has 0 saturated carbocycles. The van der Waals surface area contributed by atoms with Gasteiger partial charge in [0.15, 0.2) is 5.96 Å². The zero-order valence-electron chi connectivity index (χ0n) is 6.84. The zero-order valence-corrected chi connectivity index (χ0v) is 6.84. The SMILES string of the molecule is CN=C(N(C)C)N(C)C. The summed E-state index contributed by atoms with van der Waals surface area (Å²) in [5.74, 6) is 0.981. The van der Waals surface area contributed by atoms with Gasteiger partial charge in [0.25, 0.3) is 0 Å². The first-order valence-corrected chi connectivity index (χ1v) is 2.91. The molecule has 0 aromatic carbocycles. The molecule has 0 spiro atoms. The highest BCUT2D eigenvalue weighted by atomic mass is 15.3. The van der Waals surface area contributed by atoms with E-state index in [1.807, 2.05) is 38.0 Å². The standard InChI is InChI=1S/C6H15N3/c1-7-6(8(2)3)9(4)5/h1-5H3. The van der Waals surface area contributed by atoms with Crippen molar-refractivity contribution < 1.29 is 0 Å². The Morgan fingerprint density at radius 2 is 1.33 bits per heavy atom. The largest absolute Gasteiger partial charge is 0.349 e. The summed E-state index contributed by atoms with van der Waals surface area (Å²) in [4.78, 5) is 8.00. The van der Waals surface area contributed by atoms with E-state index in [0.717, 1.165) is 5.96 Å². The van der Waals surface area contributed by atoms with Crippen LogP contribution in [-0.2, 0) is 0 Å². The summed E-state index contributed by atoms with van der Waals surface area (Å²) in [6, 6.07) is 0. The Morgan fingerprint density at radius 1 is 1.00 bits per heavy atom. The molecular weight excluding hydrogens is 114 g/mol. The van der Waals surface area contributed by atoms with Crippen molar-refractivity contribution in [3.63, 3.8) is 0 Å². The third kappa shape index (κ3) is 2.35. The second kappa shape index (κ2) is 3.33. The maximum Gasteiger partial charge on any atom is 0.195 e. The zero-order chi connectivity index (χ0) is 7.44. The molecule has 0 aromatic heterocycles. The van der Waals surface area contributed by atoms with Crippen LogP contribution in [0.5, 0.6) is 0 Å². The van der Waals surface area contributed by atoms with Gasteiger partial charge in [-0.05, 0) is 0 Å². The smallest absolute Gasteiger partial charge is 0.195 e. The third-order valence-electron chi connectivity index (χ3n) is 1.000. The van der Waals surface area contributed by atoms with Crippen LogP contribution in [0, 0.1) is 0 Å². The first-order valence-electron chi connectivity index (χ1n) is 2.91. The lowest BCUT2D eigenvalue weighted by atomic mass is 10.7. The van der Waals surface area contributed by atoms with Gasteiger partial charge in [-0.1, -0.05) is 0 Å². The minimum absolute atomic E-state index is 0.981. The highest BCUT2D eigenvalue weighted by Gasteiger charge is 1.99. The van der Waals surface area contributed by atoms with Crippen LogP contribution >= 0.6 is 0 Å². The Balaban J connectivity index is 4.01. The van der Waals surface area contributed by atoms with Crippen LogP contribution in [0.1, 0.15) is 0 Å². The second-order valence-corrected chi connectivity index (χ2v) is 2.31. The molecule has 3 nitrogen and oxygen atoms in total. The normalized spacial score (nSPS) is 8.56. The lowest BCUT2D eigenvalue weighted by Gasteiger charge is -2.21. The maximum absolute atomic E-state index is 4.06. The van der Waals surface area contributed by atoms with Crippen molar-refractivity contribution in [1.82, 2.24) is 9.80 Å². The van der Waals surface area contributed by atoms with Crippen LogP contribution in [0.3, 0.4) is 0 Å². The van der Waals surface area contributed by atoms with Crippen molar-refractivity contribution in [2.75, 3.05) is 35.2 Å². The predicted octanol–water partition coefficient (Wildman–Crippen LogP) is 0.0954. The summed E-state index contributed by atoms with van der Waals surface area (Å²) in [7, 11) is 9.69. The van der Waals surface area contributed by atoms with Gasteiger partial charge in [-0.2, -0.15) is 0 Å². The fourth-order valence-electron chi connectivity index (χ4n) is 0.800. The van der Waals surface area contributed by atoms with E-state index in [1.54, 1.807) is 7.05 Å². The number of nitrogens with zero attached hydrogens (tertiary/aromatic N) is 3. The summed E-state index contributed by atoms with van der Waals surface area (Å²) in [5.41, 5.74) is 0. The Morgan fingerprint density at radius 3 is 1.33 bits per heavy atom. The summed E-state index contributed by atoms with van der Waals surface area (Å²) in [6.45, 7) is 0. The average Bonchev–Trinajstić information content (AvgIpc) is 1.64. The van der Waals surface area contributed by atoms with E-state index in [1.165, 1.54) is 0 Å². The molecule has 9 heavy (non-hydrogen) atoms. The monoisotopic (exact) mass is 129 g/mol. The van der Waals surface area contributed by atoms with E-state index in [2.05, 4.69) is 4.99 Å². The van der Waals surface area contributed by atoms with Crippen LogP contribution in [0.25, 0.3) is 0 Å². The van der Waals surface area contributed by atoms with Crippen molar-refractivity contribution >= 4 is 5.96 Å². The number of aliphatic imine (C=N–C) groups is 1. The van der Waals surface area contributed by atoms with Gasteiger partial charge in [-0.25, -0.2) is 0 Å². The lowest BCUT2D eigenvalue weighted by Crippen LogP contribution is -2.35. The topological polar surface area (TPSA) is 18.8 Å². The van der Waals surface area contributed by atoms with Crippen LogP contribution < -0.4 is 0 Å². The molecular formula is C6H15N3. The maximum atomic E-state index is 4.06. The van der Waals surface area contributed by atoms with E-state index < -0.39 is 0 Å². The molecule has 0 fully saturated rings. The van der Waals surface area contributed by atoms with Gasteiger partial charge < -0.3 is 9.80 Å². The van der Waals surface area contributed by atoms with E-state index >= 15 is 0 Å². The van der Waals surface area contributed by atoms with Gasteiger partial charge in [-0.3, -0.25) is 4.99 Å². The minimum atomic E-state index is 0.981. The van der Waals surface area contributed by atoms with E-state index in [0.29, 0.717) is 0 Å². The third-order valence-corrected chi connectivity index (χ3v) is 1.000. The lowest BCUT2D eigenvalue weighted by molar-refractivity contribution is 0.482. The second-order valence-electron chi connectivity index (χ2n) is 2.31. The quantitative estimate of drug-likeness (QED) is 0.341. The van der Waals surface area contributed by atoms with Gasteiger partial charge in [0, 0.05) is 35.2 Å². The summed E-state index contributed by atoms with van der Waals surface area (Å²) >= 11 is 0. The fourth-order valence-corrected chi connectivity index (χ4v) is 0.800. The fraction of sp³-hybridized carbons (Fsp3) is 0.833. The molecule has 0 aliphatic rings. The number of rotatable bonds is 0. The van der Waals surface area contributed by atoms with Crippen molar-refractivity contribution in [3.8, 4) is 0 Å². The molecule has 0 rings (SSSR count). The molecule has 0 aliphatic heterocycles. The molecule has 0 heterocycles. The Hall–Kier alpha value is -0.730. The van der Waals surface area contributed by atoms with Gasteiger partial charge in [0.05, 0.1) is 0 Å². The molecule has 54 valence electrons. The van der Waals surface area contributed by atoms with Crippen molar-refractivity contribution in [2.45, 2.75) is 0 Å². The molecule has 0 atom stereocenters. The molecule has 0 bridgehead atoms. The van der Waals surface area contributed by atoms with Crippen molar-refractivity contribution in [2.24, 2.45) is 4.99 Å². The number of hydrogen-bond acceptors (Lipinski definition) is 1. The molecule has 0 unspecified atom stereocenters. The molecule has 0 amide bonds. The Kier molecular flexibility index (Phi) is 3.06. The Bertz CT molecular complexity index is 94.9. The van der Waals surface area contributed by atoms with Crippen molar-refractivity contribution in [1.29, 1.82) is 0 Å². The van der Waals surface area contributed by atoms with Crippen LogP contribution in [0.15, 0.2) is 4.99 Å². The highest BCUT2D eigenvalue weighted by molar-refractivity contribution is 5.78. The molecule has 0 aliphatic carbocycles. The first-order chi connectivity index (χ1) is 4.09. The van der Waals surface area contributed by atoms with Crippen LogP contribution in [-0.4, -0.2) is 51.0 Å². The van der Waals surface area contributed by atoms with Gasteiger partial charge in [-0.15, -0.1) is 0 Å². The molecule has 3 heteroatoms. The predicted molar refractivity (Wildman–Crippen MR) is 40.7 cm³/mol. The van der Waals surface area contributed by atoms with Gasteiger partial charge in [0.1, 0.15) is 0 Å². The van der Waals surface area contributed by atoms with Gasteiger partial charge in [0.2, 0.25) is 0 Å². The van der Waals surface area contributed by atoms with Crippen LogP contribution in [0.4, 0.5) is 0 Å². The summed E-state index contributed by atoms with van der Waals surface area (Å²) in [6.07, 6.45) is 0. The minimum Gasteiger partial charge on any atom is -0.349 e. The molecule has 0 aromatic rings. The van der Waals surface area contributed by atoms with Crippen molar-refractivity contribution in [3.05, 3.63) is 0 Å². The van der Waals surface area contributed by atoms with E-state index in [9.17, 15) is 0 Å².